The smallest absolute Gasteiger partial charge is 0.348 e. The average Bonchev–Trinajstić information content (AvgIpc) is 3.30. The van der Waals surface area contributed by atoms with Gasteiger partial charge in [-0.05, 0) is 63.2 Å². The van der Waals surface area contributed by atoms with Crippen LogP contribution in [0.3, 0.4) is 0 Å². The number of aliphatic hydroxyl groups is 2. The summed E-state index contributed by atoms with van der Waals surface area (Å²) >= 11 is 0. The number of hydrogen-bond acceptors (Lipinski definition) is 12. The number of hydrogen-bond donors (Lipinski definition) is 5. The molecule has 5 N–H and O–H groups in total. The van der Waals surface area contributed by atoms with Gasteiger partial charge in [-0.2, -0.15) is 0 Å². The first-order valence-electron chi connectivity index (χ1n) is 14.5. The molecule has 3 aliphatic carbocycles. The molecule has 4 aliphatic rings. The van der Waals surface area contributed by atoms with E-state index in [0.717, 1.165) is 25.3 Å². The van der Waals surface area contributed by atoms with E-state index in [1.807, 2.05) is 6.07 Å². The van der Waals surface area contributed by atoms with Crippen LogP contribution in [0, 0.1) is 5.92 Å². The standard InChI is InChI=1S/C30H35NO13/c1-14(32)26(36)31-11-8-21(34)43-20(28(39)41-15(2)27(37)38)13-22(35)42-19-7-10-30(40)17-4-3-9-29(30)23-16(12-17)5-6-18(33)24(23)44-25(19)29/h5-7,14-15,17,20,25,32-33,40H,3-4,8-13H2,1-2H3,(H,31,36)(H,37,38)/t14-,15-,17+,20-,25-,29-,30+/m0/s1. The number of carbonyl (C=O) groups is 5. The molecule has 238 valence electrons. The quantitative estimate of drug-likeness (QED) is 0.169. The second-order valence-electron chi connectivity index (χ2n) is 11.7. The lowest BCUT2D eigenvalue weighted by molar-refractivity contribution is -0.179. The molecule has 0 saturated heterocycles. The predicted octanol–water partition coefficient (Wildman–Crippen LogP) is 0.514. The molecule has 1 spiro atoms. The van der Waals surface area contributed by atoms with Crippen molar-refractivity contribution in [2.24, 2.45) is 5.92 Å². The maximum absolute atomic E-state index is 13.2. The Morgan fingerprint density at radius 1 is 1.14 bits per heavy atom. The van der Waals surface area contributed by atoms with E-state index >= 15 is 0 Å². The molecule has 7 atom stereocenters. The third-order valence-corrected chi connectivity index (χ3v) is 9.03. The van der Waals surface area contributed by atoms with Gasteiger partial charge in [0.1, 0.15) is 11.9 Å². The van der Waals surface area contributed by atoms with E-state index in [0.29, 0.717) is 18.4 Å². The molecule has 14 heteroatoms. The zero-order valence-corrected chi connectivity index (χ0v) is 24.2. The second kappa shape index (κ2) is 11.7. The van der Waals surface area contributed by atoms with E-state index in [9.17, 15) is 39.3 Å². The lowest BCUT2D eigenvalue weighted by Gasteiger charge is -2.59. The van der Waals surface area contributed by atoms with Crippen LogP contribution >= 0.6 is 0 Å². The van der Waals surface area contributed by atoms with Gasteiger partial charge in [-0.1, -0.05) is 12.5 Å². The summed E-state index contributed by atoms with van der Waals surface area (Å²) in [7, 11) is 0. The SMILES string of the molecule is C[C@H](O)C(=O)NCCC(=O)O[C@@H](CC(=O)OC1=CC[C@@]2(O)[C@@H]3CCC[C@@]24c2c(ccc(O)c2O[C@@H]14)C3)C(=O)O[C@@H](C)C(=O)O. The van der Waals surface area contributed by atoms with Crippen molar-refractivity contribution in [3.8, 4) is 11.5 Å². The van der Waals surface area contributed by atoms with E-state index in [2.05, 4.69) is 5.32 Å². The highest BCUT2D eigenvalue weighted by Crippen LogP contribution is 2.67. The number of phenols is 1. The summed E-state index contributed by atoms with van der Waals surface area (Å²) in [5.41, 5.74) is -0.506. The number of nitrogens with one attached hydrogen (secondary N) is 1. The van der Waals surface area contributed by atoms with E-state index in [1.54, 1.807) is 6.08 Å². The highest BCUT2D eigenvalue weighted by Gasteiger charge is 2.70. The molecule has 0 aromatic heterocycles. The number of esters is 3. The Kier molecular flexibility index (Phi) is 8.33. The number of carboxylic acids is 1. The maximum Gasteiger partial charge on any atom is 0.348 e. The predicted molar refractivity (Wildman–Crippen MR) is 146 cm³/mol. The van der Waals surface area contributed by atoms with E-state index in [1.165, 1.54) is 13.0 Å². The number of aromatic hydroxyl groups is 1. The first-order chi connectivity index (χ1) is 20.8. The molecule has 1 aliphatic heterocycles. The number of aliphatic hydroxyl groups excluding tert-OH is 1. The minimum atomic E-state index is -1.88. The Labute approximate surface area is 251 Å². The van der Waals surface area contributed by atoms with Crippen molar-refractivity contribution in [3.05, 3.63) is 35.1 Å². The van der Waals surface area contributed by atoms with Crippen LogP contribution in [0.15, 0.2) is 24.0 Å². The average molecular weight is 618 g/mol. The van der Waals surface area contributed by atoms with Crippen molar-refractivity contribution in [2.75, 3.05) is 6.54 Å². The Morgan fingerprint density at radius 3 is 2.59 bits per heavy atom. The molecule has 0 radical (unpaired) electrons. The number of carboxylic acid groups (broad SMARTS) is 1. The Balaban J connectivity index is 1.33. The summed E-state index contributed by atoms with van der Waals surface area (Å²) in [4.78, 5) is 61.2. The third-order valence-electron chi connectivity index (χ3n) is 9.03. The lowest BCUT2D eigenvalue weighted by Crippen LogP contribution is -2.67. The minimum absolute atomic E-state index is 0.0704. The monoisotopic (exact) mass is 617 g/mol. The van der Waals surface area contributed by atoms with E-state index in [-0.39, 0.29) is 36.1 Å². The van der Waals surface area contributed by atoms with Gasteiger partial charge in [0, 0.05) is 12.1 Å². The summed E-state index contributed by atoms with van der Waals surface area (Å²) < 4.78 is 21.9. The lowest BCUT2D eigenvalue weighted by atomic mass is 9.47. The van der Waals surface area contributed by atoms with Gasteiger partial charge in [0.25, 0.3) is 0 Å². The van der Waals surface area contributed by atoms with Crippen molar-refractivity contribution in [2.45, 2.75) is 94.2 Å². The van der Waals surface area contributed by atoms with Crippen LogP contribution in [-0.4, -0.2) is 86.8 Å². The fraction of sp³-hybridized carbons (Fsp3) is 0.567. The summed E-state index contributed by atoms with van der Waals surface area (Å²) in [6.07, 6.45) is -2.59. The summed E-state index contributed by atoms with van der Waals surface area (Å²) in [6, 6.07) is 3.36. The molecular weight excluding hydrogens is 582 g/mol. The van der Waals surface area contributed by atoms with Crippen LogP contribution in [0.2, 0.25) is 0 Å². The number of phenolic OH excluding ortho intramolecular Hbond substituents is 1. The number of rotatable bonds is 11. The number of benzene rings is 1. The van der Waals surface area contributed by atoms with Gasteiger partial charge < -0.3 is 44.7 Å². The topological polar surface area (TPSA) is 215 Å². The fourth-order valence-corrected chi connectivity index (χ4v) is 6.98. The molecule has 1 aromatic carbocycles. The van der Waals surface area contributed by atoms with Crippen LogP contribution in [0.5, 0.6) is 11.5 Å². The number of amides is 1. The number of ether oxygens (including phenoxy) is 4. The van der Waals surface area contributed by atoms with E-state index < -0.39 is 78.1 Å². The van der Waals surface area contributed by atoms with Gasteiger partial charge in [-0.25, -0.2) is 9.59 Å². The maximum atomic E-state index is 13.2. The largest absolute Gasteiger partial charge is 0.504 e. The Morgan fingerprint density at radius 2 is 1.89 bits per heavy atom. The molecule has 1 amide bonds. The molecule has 1 heterocycles. The Hall–Kier alpha value is -4.17. The molecule has 1 aromatic rings. The van der Waals surface area contributed by atoms with Crippen molar-refractivity contribution in [1.82, 2.24) is 5.32 Å². The zero-order valence-electron chi connectivity index (χ0n) is 24.2. The second-order valence-corrected chi connectivity index (χ2v) is 11.7. The fourth-order valence-electron chi connectivity index (χ4n) is 6.98. The van der Waals surface area contributed by atoms with Crippen LogP contribution in [0.4, 0.5) is 0 Å². The molecule has 0 unspecified atom stereocenters. The van der Waals surface area contributed by atoms with Gasteiger partial charge >= 0.3 is 23.9 Å². The van der Waals surface area contributed by atoms with Crippen LogP contribution in [-0.2, 0) is 50.0 Å². The van der Waals surface area contributed by atoms with Gasteiger partial charge in [0.05, 0.1) is 23.9 Å². The molecule has 2 bridgehead atoms. The molecule has 5 rings (SSSR count). The number of carbonyl (C=O) groups excluding carboxylic acids is 4. The van der Waals surface area contributed by atoms with Crippen molar-refractivity contribution < 1.29 is 63.3 Å². The van der Waals surface area contributed by atoms with Crippen LogP contribution < -0.4 is 10.1 Å². The molecule has 1 saturated carbocycles. The van der Waals surface area contributed by atoms with Gasteiger partial charge in [-0.15, -0.1) is 0 Å². The van der Waals surface area contributed by atoms with Gasteiger partial charge in [0.15, 0.2) is 23.7 Å². The van der Waals surface area contributed by atoms with Crippen molar-refractivity contribution >= 4 is 29.8 Å². The van der Waals surface area contributed by atoms with Gasteiger partial charge in [0.2, 0.25) is 12.0 Å². The highest BCUT2D eigenvalue weighted by molar-refractivity contribution is 5.87. The summed E-state index contributed by atoms with van der Waals surface area (Å²) in [6.45, 7) is 2.07. The Bertz CT molecular complexity index is 1420. The molecule has 14 nitrogen and oxygen atoms in total. The minimum Gasteiger partial charge on any atom is -0.504 e. The van der Waals surface area contributed by atoms with Crippen LogP contribution in [0.25, 0.3) is 0 Å². The number of aliphatic carboxylic acids is 1. The van der Waals surface area contributed by atoms with E-state index in [4.69, 9.17) is 24.1 Å². The zero-order chi connectivity index (χ0) is 32.0. The highest BCUT2D eigenvalue weighted by atomic mass is 16.6. The third kappa shape index (κ3) is 5.25. The first kappa shape index (κ1) is 31.3. The van der Waals surface area contributed by atoms with Crippen LogP contribution in [0.1, 0.15) is 63.5 Å². The summed E-state index contributed by atoms with van der Waals surface area (Å²) in [5, 5.41) is 43.4. The molecule has 44 heavy (non-hydrogen) atoms. The summed E-state index contributed by atoms with van der Waals surface area (Å²) in [5.74, 6) is -5.41. The molecular formula is C30H35NO13. The van der Waals surface area contributed by atoms with Crippen molar-refractivity contribution in [3.63, 3.8) is 0 Å². The normalized spacial score (nSPS) is 27.8. The van der Waals surface area contributed by atoms with Gasteiger partial charge in [-0.3, -0.25) is 14.4 Å². The van der Waals surface area contributed by atoms with Crippen molar-refractivity contribution in [1.29, 1.82) is 0 Å². The molecule has 1 fully saturated rings. The first-order valence-corrected chi connectivity index (χ1v) is 14.5.